The summed E-state index contributed by atoms with van der Waals surface area (Å²) in [4.78, 5) is 15.2. The van der Waals surface area contributed by atoms with E-state index in [2.05, 4.69) is 61.2 Å². The molecule has 0 saturated carbocycles. The molecule has 2 aromatic carbocycles. The van der Waals surface area contributed by atoms with Gasteiger partial charge in [-0.05, 0) is 43.9 Å². The van der Waals surface area contributed by atoms with Crippen molar-refractivity contribution in [1.82, 2.24) is 0 Å². The number of rotatable bonds is 9. The minimum absolute atomic E-state index is 0.197. The van der Waals surface area contributed by atoms with E-state index in [1.165, 1.54) is 47.3 Å². The molecule has 0 aliphatic carbocycles. The molecular weight excluding hydrogens is 438 g/mol. The molecule has 6 heteroatoms. The van der Waals surface area contributed by atoms with E-state index in [1.807, 2.05) is 11.8 Å². The molecule has 0 saturated heterocycles. The molecule has 0 bridgehead atoms. The van der Waals surface area contributed by atoms with Crippen molar-refractivity contribution < 1.29 is 14.6 Å². The quantitative estimate of drug-likeness (QED) is 0.414. The minimum atomic E-state index is -0.847. The summed E-state index contributed by atoms with van der Waals surface area (Å²) in [6.07, 6.45) is 3.62. The third-order valence-electron chi connectivity index (χ3n) is 6.07. The van der Waals surface area contributed by atoms with Crippen molar-refractivity contribution in [2.45, 2.75) is 62.4 Å². The van der Waals surface area contributed by atoms with Gasteiger partial charge in [-0.1, -0.05) is 44.9 Å². The van der Waals surface area contributed by atoms with Gasteiger partial charge in [-0.15, -0.1) is 23.5 Å². The molecule has 0 spiro atoms. The summed E-state index contributed by atoms with van der Waals surface area (Å²) >= 11 is 3.35. The first-order chi connectivity index (χ1) is 15.2. The van der Waals surface area contributed by atoms with E-state index in [0.29, 0.717) is 5.75 Å². The molecule has 0 fully saturated rings. The molecule has 1 heterocycles. The normalized spacial score (nSPS) is 18.7. The van der Waals surface area contributed by atoms with Crippen molar-refractivity contribution in [3.05, 3.63) is 48.0 Å². The summed E-state index contributed by atoms with van der Waals surface area (Å²) in [6.45, 7) is 9.12. The van der Waals surface area contributed by atoms with Gasteiger partial charge in [0.05, 0.1) is 12.8 Å². The van der Waals surface area contributed by atoms with Crippen LogP contribution in [0.5, 0.6) is 5.75 Å². The van der Waals surface area contributed by atoms with Crippen LogP contribution < -0.4 is 9.64 Å². The first kappa shape index (κ1) is 24.8. The Morgan fingerprint density at radius 1 is 1.28 bits per heavy atom. The van der Waals surface area contributed by atoms with Crippen LogP contribution in [0.4, 0.5) is 11.4 Å². The number of aliphatic carboxylic acids is 1. The van der Waals surface area contributed by atoms with E-state index >= 15 is 0 Å². The zero-order valence-corrected chi connectivity index (χ0v) is 21.4. The second kappa shape index (κ2) is 10.4. The minimum Gasteiger partial charge on any atom is -0.496 e. The molecule has 1 aliphatic heterocycles. The lowest BCUT2D eigenvalue weighted by Crippen LogP contribution is -2.33. The molecule has 1 unspecified atom stereocenters. The number of carbonyl (C=O) groups is 1. The highest BCUT2D eigenvalue weighted by atomic mass is 32.2. The van der Waals surface area contributed by atoms with Gasteiger partial charge in [-0.3, -0.25) is 4.79 Å². The van der Waals surface area contributed by atoms with Crippen LogP contribution >= 0.6 is 23.5 Å². The van der Waals surface area contributed by atoms with Crippen molar-refractivity contribution in [3.8, 4) is 5.75 Å². The first-order valence-electron chi connectivity index (χ1n) is 11.2. The van der Waals surface area contributed by atoms with Crippen LogP contribution in [0.25, 0.3) is 0 Å². The standard InChI is InChI=1S/C26H35NO3S2/c1-6-7-13-26(4)17-27(20-11-9-8-10-12-20)21-15-22(30-5)19(14-23(21)31-18-26)16-32-25(2,3)24(28)29/h8-12,14-15H,6-7,13,16-18H2,1-5H3,(H,28,29). The van der Waals surface area contributed by atoms with E-state index in [9.17, 15) is 9.90 Å². The van der Waals surface area contributed by atoms with Crippen molar-refractivity contribution in [1.29, 1.82) is 0 Å². The van der Waals surface area contributed by atoms with Crippen LogP contribution in [0.1, 0.15) is 52.5 Å². The second-order valence-corrected chi connectivity index (χ2v) is 12.0. The van der Waals surface area contributed by atoms with Gasteiger partial charge in [-0.25, -0.2) is 0 Å². The molecule has 1 atom stereocenters. The fourth-order valence-corrected chi connectivity index (χ4v) is 6.05. The number of anilines is 2. The number of ether oxygens (including phenoxy) is 1. The summed E-state index contributed by atoms with van der Waals surface area (Å²) < 4.78 is 4.93. The Bertz CT molecular complexity index is 932. The number of fused-ring (bicyclic) bond motifs is 1. The summed E-state index contributed by atoms with van der Waals surface area (Å²) in [5, 5.41) is 9.50. The number of para-hydroxylation sites is 1. The van der Waals surface area contributed by atoms with Gasteiger partial charge in [0.15, 0.2) is 0 Å². The molecule has 0 aromatic heterocycles. The monoisotopic (exact) mass is 473 g/mol. The SMILES string of the molecule is CCCCC1(C)CSc2cc(CSC(C)(C)C(=O)O)c(OC)cc2N(c2ccccc2)C1. The third-order valence-corrected chi connectivity index (χ3v) is 8.90. The lowest BCUT2D eigenvalue weighted by Gasteiger charge is -2.34. The average Bonchev–Trinajstić information content (AvgIpc) is 2.93. The van der Waals surface area contributed by atoms with Gasteiger partial charge < -0.3 is 14.7 Å². The number of hydrogen-bond acceptors (Lipinski definition) is 5. The summed E-state index contributed by atoms with van der Waals surface area (Å²) in [5.74, 6) is 1.67. The summed E-state index contributed by atoms with van der Waals surface area (Å²) in [5.41, 5.74) is 3.60. The molecule has 1 aliphatic rings. The predicted octanol–water partition coefficient (Wildman–Crippen LogP) is 7.23. The van der Waals surface area contributed by atoms with E-state index in [0.717, 1.165) is 23.6 Å². The fourth-order valence-electron chi connectivity index (χ4n) is 3.90. The molecule has 0 radical (unpaired) electrons. The predicted molar refractivity (Wildman–Crippen MR) is 138 cm³/mol. The molecule has 1 N–H and O–H groups in total. The Balaban J connectivity index is 2.01. The number of carboxylic acids is 1. The van der Waals surface area contributed by atoms with Crippen LogP contribution in [0.2, 0.25) is 0 Å². The number of unbranched alkanes of at least 4 members (excludes halogenated alkanes) is 1. The molecule has 0 amide bonds. The smallest absolute Gasteiger partial charge is 0.319 e. The van der Waals surface area contributed by atoms with E-state index < -0.39 is 10.7 Å². The molecule has 3 rings (SSSR count). The zero-order valence-electron chi connectivity index (χ0n) is 19.8. The number of methoxy groups -OCH3 is 1. The molecule has 174 valence electrons. The van der Waals surface area contributed by atoms with Crippen LogP contribution in [0.15, 0.2) is 47.4 Å². The van der Waals surface area contributed by atoms with Crippen molar-refractivity contribution in [3.63, 3.8) is 0 Å². The van der Waals surface area contributed by atoms with Crippen LogP contribution in [-0.4, -0.2) is 35.2 Å². The Kier molecular flexibility index (Phi) is 8.10. The lowest BCUT2D eigenvalue weighted by atomic mass is 9.86. The maximum absolute atomic E-state index is 11.6. The molecular formula is C26H35NO3S2. The Hall–Kier alpha value is -1.79. The van der Waals surface area contributed by atoms with Crippen molar-refractivity contribution in [2.24, 2.45) is 5.41 Å². The van der Waals surface area contributed by atoms with Gasteiger partial charge in [0.1, 0.15) is 10.5 Å². The highest BCUT2D eigenvalue weighted by molar-refractivity contribution is 8.00. The third kappa shape index (κ3) is 5.76. The largest absolute Gasteiger partial charge is 0.496 e. The number of nitrogens with zero attached hydrogens (tertiary/aromatic N) is 1. The Labute approximate surface area is 201 Å². The van der Waals surface area contributed by atoms with Crippen LogP contribution in [0, 0.1) is 5.41 Å². The van der Waals surface area contributed by atoms with Crippen LogP contribution in [0.3, 0.4) is 0 Å². The topological polar surface area (TPSA) is 49.8 Å². The van der Waals surface area contributed by atoms with Gasteiger partial charge in [-0.2, -0.15) is 0 Å². The molecule has 32 heavy (non-hydrogen) atoms. The van der Waals surface area contributed by atoms with Gasteiger partial charge >= 0.3 is 5.97 Å². The van der Waals surface area contributed by atoms with Crippen molar-refractivity contribution >= 4 is 40.9 Å². The number of thioether (sulfide) groups is 2. The zero-order chi connectivity index (χ0) is 23.4. The Morgan fingerprint density at radius 2 is 2.00 bits per heavy atom. The van der Waals surface area contributed by atoms with Crippen LogP contribution in [-0.2, 0) is 10.5 Å². The highest BCUT2D eigenvalue weighted by Gasteiger charge is 2.33. The fraction of sp³-hybridized carbons (Fsp3) is 0.500. The average molecular weight is 474 g/mol. The van der Waals surface area contributed by atoms with E-state index in [1.54, 1.807) is 21.0 Å². The van der Waals surface area contributed by atoms with E-state index in [-0.39, 0.29) is 5.41 Å². The number of benzene rings is 2. The van der Waals surface area contributed by atoms with Gasteiger partial charge in [0.2, 0.25) is 0 Å². The summed E-state index contributed by atoms with van der Waals surface area (Å²) in [6, 6.07) is 14.9. The molecule has 4 nitrogen and oxygen atoms in total. The highest BCUT2D eigenvalue weighted by Crippen LogP contribution is 2.47. The number of hydrogen-bond donors (Lipinski definition) is 1. The first-order valence-corrected chi connectivity index (χ1v) is 13.2. The van der Waals surface area contributed by atoms with E-state index in [4.69, 9.17) is 4.74 Å². The second-order valence-electron chi connectivity index (χ2n) is 9.36. The van der Waals surface area contributed by atoms with Crippen molar-refractivity contribution in [2.75, 3.05) is 24.3 Å². The maximum Gasteiger partial charge on any atom is 0.319 e. The maximum atomic E-state index is 11.6. The van der Waals surface area contributed by atoms with Gasteiger partial charge in [0.25, 0.3) is 0 Å². The molecule has 2 aromatic rings. The number of carboxylic acid groups (broad SMARTS) is 1. The van der Waals surface area contributed by atoms with Gasteiger partial charge in [0, 0.05) is 40.3 Å². The lowest BCUT2D eigenvalue weighted by molar-refractivity contribution is -0.138. The summed E-state index contributed by atoms with van der Waals surface area (Å²) in [7, 11) is 1.69. The Morgan fingerprint density at radius 3 is 2.62 bits per heavy atom.